The molecule has 18 heavy (non-hydrogen) atoms. The van der Waals surface area contributed by atoms with E-state index in [1.54, 1.807) is 0 Å². The monoisotopic (exact) mass is 244 g/mol. The predicted octanol–water partition coefficient (Wildman–Crippen LogP) is 3.91. The third kappa shape index (κ3) is 2.16. The molecule has 1 fully saturated rings. The van der Waals surface area contributed by atoms with Crippen LogP contribution in [0.5, 0.6) is 5.75 Å². The topological polar surface area (TPSA) is 26.3 Å². The van der Waals surface area contributed by atoms with Gasteiger partial charge in [0.1, 0.15) is 11.9 Å². The van der Waals surface area contributed by atoms with Crippen LogP contribution in [0.1, 0.15) is 54.4 Å². The number of ether oxygens (including phenoxy) is 1. The molecular weight excluding hydrogens is 224 g/mol. The maximum Gasteiger partial charge on any atom is 0.170 e. The molecule has 2 nitrogen and oxygen atoms in total. The minimum atomic E-state index is 0.119. The fraction of sp³-hybridized carbons (Fsp3) is 0.562. The van der Waals surface area contributed by atoms with Crippen molar-refractivity contribution in [2.45, 2.75) is 51.6 Å². The van der Waals surface area contributed by atoms with Crippen LogP contribution in [-0.4, -0.2) is 11.9 Å². The maximum atomic E-state index is 12.2. The Balaban J connectivity index is 1.82. The Labute approximate surface area is 108 Å². The van der Waals surface area contributed by atoms with Crippen molar-refractivity contribution >= 4 is 5.78 Å². The van der Waals surface area contributed by atoms with E-state index >= 15 is 0 Å². The minimum absolute atomic E-state index is 0.119. The smallest absolute Gasteiger partial charge is 0.170 e. The van der Waals surface area contributed by atoms with Gasteiger partial charge in [0.15, 0.2) is 5.78 Å². The van der Waals surface area contributed by atoms with E-state index < -0.39 is 0 Å². The van der Waals surface area contributed by atoms with Gasteiger partial charge in [0.05, 0.1) is 5.56 Å². The highest BCUT2D eigenvalue weighted by Crippen LogP contribution is 2.36. The van der Waals surface area contributed by atoms with Gasteiger partial charge in [-0.15, -0.1) is 0 Å². The fourth-order valence-electron chi connectivity index (χ4n) is 3.23. The minimum Gasteiger partial charge on any atom is -0.489 e. The van der Waals surface area contributed by atoms with Crippen molar-refractivity contribution in [2.75, 3.05) is 0 Å². The molecule has 1 heterocycles. The van der Waals surface area contributed by atoms with Crippen LogP contribution in [0.4, 0.5) is 0 Å². The van der Waals surface area contributed by atoms with Gasteiger partial charge in [-0.25, -0.2) is 0 Å². The number of hydrogen-bond acceptors (Lipinski definition) is 2. The van der Waals surface area contributed by atoms with Crippen LogP contribution in [0.15, 0.2) is 18.2 Å². The molecule has 0 amide bonds. The Hall–Kier alpha value is -1.31. The van der Waals surface area contributed by atoms with E-state index in [9.17, 15) is 4.79 Å². The highest BCUT2D eigenvalue weighted by molar-refractivity contribution is 6.00. The van der Waals surface area contributed by atoms with E-state index in [0.717, 1.165) is 16.9 Å². The summed E-state index contributed by atoms with van der Waals surface area (Å²) in [5, 5.41) is 0. The average molecular weight is 244 g/mol. The fourth-order valence-corrected chi connectivity index (χ4v) is 3.23. The second kappa shape index (κ2) is 4.75. The Morgan fingerprint density at radius 3 is 2.72 bits per heavy atom. The molecule has 2 heteroatoms. The van der Waals surface area contributed by atoms with Gasteiger partial charge < -0.3 is 4.74 Å². The summed E-state index contributed by atoms with van der Waals surface area (Å²) < 4.78 is 6.08. The molecule has 1 saturated carbocycles. The molecule has 1 aromatic rings. The molecule has 0 N–H and O–H groups in total. The van der Waals surface area contributed by atoms with Crippen molar-refractivity contribution in [1.29, 1.82) is 0 Å². The van der Waals surface area contributed by atoms with E-state index in [0.29, 0.717) is 12.3 Å². The molecular formula is C16H20O2. The van der Waals surface area contributed by atoms with Gasteiger partial charge in [0.2, 0.25) is 0 Å². The molecule has 96 valence electrons. The first-order valence-electron chi connectivity index (χ1n) is 7.04. The molecule has 1 atom stereocenters. The largest absolute Gasteiger partial charge is 0.489 e. The van der Waals surface area contributed by atoms with Gasteiger partial charge in [-0.05, 0) is 37.8 Å². The highest BCUT2D eigenvalue weighted by atomic mass is 16.5. The highest BCUT2D eigenvalue weighted by Gasteiger charge is 2.32. The van der Waals surface area contributed by atoms with E-state index in [1.807, 2.05) is 25.1 Å². The van der Waals surface area contributed by atoms with E-state index in [1.165, 1.54) is 32.1 Å². The zero-order valence-corrected chi connectivity index (χ0v) is 10.9. The predicted molar refractivity (Wildman–Crippen MR) is 71.1 cm³/mol. The SMILES string of the molecule is Cc1ccc2c(c1)C(=O)CC(C1CCCCC1)O2. The third-order valence-corrected chi connectivity index (χ3v) is 4.28. The molecule has 0 spiro atoms. The van der Waals surface area contributed by atoms with Crippen LogP contribution < -0.4 is 4.74 Å². The number of fused-ring (bicyclic) bond motifs is 1. The molecule has 1 unspecified atom stereocenters. The summed E-state index contributed by atoms with van der Waals surface area (Å²) in [6.07, 6.45) is 7.05. The maximum absolute atomic E-state index is 12.2. The Kier molecular flexibility index (Phi) is 3.11. The number of Topliss-reactive ketones (excluding diaryl/α,β-unsaturated/α-hetero) is 1. The second-order valence-corrected chi connectivity index (χ2v) is 5.68. The van der Waals surface area contributed by atoms with Gasteiger partial charge in [0.25, 0.3) is 0 Å². The molecule has 0 saturated heterocycles. The van der Waals surface area contributed by atoms with Crippen LogP contribution in [-0.2, 0) is 0 Å². The molecule has 0 aromatic heterocycles. The normalized spacial score (nSPS) is 24.5. The van der Waals surface area contributed by atoms with E-state index in [4.69, 9.17) is 4.74 Å². The van der Waals surface area contributed by atoms with Crippen LogP contribution in [0, 0.1) is 12.8 Å². The molecule has 1 aliphatic carbocycles. The van der Waals surface area contributed by atoms with Crippen LogP contribution in [0.25, 0.3) is 0 Å². The summed E-state index contributed by atoms with van der Waals surface area (Å²) in [4.78, 5) is 12.2. The molecule has 1 aliphatic heterocycles. The third-order valence-electron chi connectivity index (χ3n) is 4.28. The number of aryl methyl sites for hydroxylation is 1. The van der Waals surface area contributed by atoms with Gasteiger partial charge in [-0.2, -0.15) is 0 Å². The molecule has 0 radical (unpaired) electrons. The van der Waals surface area contributed by atoms with Crippen molar-refractivity contribution in [3.05, 3.63) is 29.3 Å². The molecule has 2 aliphatic rings. The zero-order valence-electron chi connectivity index (χ0n) is 10.9. The van der Waals surface area contributed by atoms with Gasteiger partial charge in [-0.3, -0.25) is 4.79 Å². The lowest BCUT2D eigenvalue weighted by atomic mass is 9.82. The van der Waals surface area contributed by atoms with Gasteiger partial charge in [0, 0.05) is 6.42 Å². The number of hydrogen-bond donors (Lipinski definition) is 0. The lowest BCUT2D eigenvalue weighted by Crippen LogP contribution is -2.34. The first-order valence-corrected chi connectivity index (χ1v) is 7.04. The number of carbonyl (C=O) groups excluding carboxylic acids is 1. The van der Waals surface area contributed by atoms with Crippen molar-refractivity contribution in [3.63, 3.8) is 0 Å². The Morgan fingerprint density at radius 1 is 1.17 bits per heavy atom. The molecule has 1 aromatic carbocycles. The van der Waals surface area contributed by atoms with Crippen LogP contribution in [0.3, 0.4) is 0 Å². The van der Waals surface area contributed by atoms with Crippen molar-refractivity contribution in [1.82, 2.24) is 0 Å². The quantitative estimate of drug-likeness (QED) is 0.748. The van der Waals surface area contributed by atoms with Crippen LogP contribution in [0.2, 0.25) is 0 Å². The summed E-state index contributed by atoms with van der Waals surface area (Å²) >= 11 is 0. The zero-order chi connectivity index (χ0) is 12.5. The number of benzene rings is 1. The first-order chi connectivity index (χ1) is 8.74. The molecule has 3 rings (SSSR count). The summed E-state index contributed by atoms with van der Waals surface area (Å²) in [7, 11) is 0. The Bertz CT molecular complexity index is 458. The lowest BCUT2D eigenvalue weighted by molar-refractivity contribution is 0.0655. The van der Waals surface area contributed by atoms with E-state index in [-0.39, 0.29) is 11.9 Å². The number of carbonyl (C=O) groups is 1. The van der Waals surface area contributed by atoms with Gasteiger partial charge in [-0.1, -0.05) is 30.9 Å². The summed E-state index contributed by atoms with van der Waals surface area (Å²) in [5.74, 6) is 1.64. The standard InChI is InChI=1S/C16H20O2/c1-11-7-8-15-13(9-11)14(17)10-16(18-15)12-5-3-2-4-6-12/h7-9,12,16H,2-6,10H2,1H3. The first kappa shape index (κ1) is 11.8. The van der Waals surface area contributed by atoms with Crippen LogP contribution >= 0.6 is 0 Å². The van der Waals surface area contributed by atoms with Crippen molar-refractivity contribution < 1.29 is 9.53 Å². The molecule has 0 bridgehead atoms. The number of rotatable bonds is 1. The number of ketones is 1. The Morgan fingerprint density at radius 2 is 1.94 bits per heavy atom. The summed E-state index contributed by atoms with van der Waals surface area (Å²) in [6, 6.07) is 5.93. The average Bonchev–Trinajstić information content (AvgIpc) is 2.40. The lowest BCUT2D eigenvalue weighted by Gasteiger charge is -2.33. The van der Waals surface area contributed by atoms with E-state index in [2.05, 4.69) is 0 Å². The summed E-state index contributed by atoms with van der Waals surface area (Å²) in [6.45, 7) is 2.01. The van der Waals surface area contributed by atoms with Crippen molar-refractivity contribution in [3.8, 4) is 5.75 Å². The van der Waals surface area contributed by atoms with Gasteiger partial charge >= 0.3 is 0 Å². The summed E-state index contributed by atoms with van der Waals surface area (Å²) in [5.41, 5.74) is 1.91. The second-order valence-electron chi connectivity index (χ2n) is 5.68. The van der Waals surface area contributed by atoms with Crippen molar-refractivity contribution in [2.24, 2.45) is 5.92 Å².